The van der Waals surface area contributed by atoms with Gasteiger partial charge >= 0.3 is 36.9 Å². The number of halogens is 13. The van der Waals surface area contributed by atoms with Crippen molar-refractivity contribution in [2.45, 2.75) is 102 Å². The number of hydrogen-bond donors (Lipinski definition) is 0. The van der Waals surface area contributed by atoms with Gasteiger partial charge in [0.15, 0.2) is 5.82 Å². The maximum absolute atomic E-state index is 13.7. The number of benzene rings is 1. The molecule has 0 aliphatic rings. The molecular weight excluding hydrogens is 675 g/mol. The summed E-state index contributed by atoms with van der Waals surface area (Å²) < 4.78 is 179. The van der Waals surface area contributed by atoms with Gasteiger partial charge in [0.2, 0.25) is 0 Å². The Bertz CT molecular complexity index is 1210. The van der Waals surface area contributed by atoms with Crippen LogP contribution in [-0.4, -0.2) is 60.1 Å². The van der Waals surface area contributed by atoms with Gasteiger partial charge in [-0.05, 0) is 36.8 Å². The van der Waals surface area contributed by atoms with Crippen molar-refractivity contribution >= 4 is 0 Å². The first kappa shape index (κ1) is 40.4. The van der Waals surface area contributed by atoms with E-state index in [2.05, 4.69) is 26.4 Å². The van der Waals surface area contributed by atoms with Crippen LogP contribution in [-0.2, 0) is 31.8 Å². The van der Waals surface area contributed by atoms with Gasteiger partial charge in [-0.25, -0.2) is 24.2 Å². The third-order valence-corrected chi connectivity index (χ3v) is 6.22. The molecule has 6 nitrogen and oxygen atoms in total. The van der Waals surface area contributed by atoms with E-state index in [1.54, 1.807) is 41.4 Å². The monoisotopic (exact) mass is 706 g/mol. The third-order valence-electron chi connectivity index (χ3n) is 6.22. The molecule has 2 rings (SSSR count). The molecule has 0 amide bonds. The van der Waals surface area contributed by atoms with Crippen LogP contribution in [0.25, 0.3) is 11.4 Å². The van der Waals surface area contributed by atoms with Crippen molar-refractivity contribution in [3.63, 3.8) is 0 Å². The average molecular weight is 707 g/mol. The molecule has 0 saturated heterocycles. The van der Waals surface area contributed by atoms with Crippen LogP contribution in [0.1, 0.15) is 63.0 Å². The molecule has 0 saturated carbocycles. The van der Waals surface area contributed by atoms with Crippen molar-refractivity contribution in [1.29, 1.82) is 0 Å². The number of aromatic nitrogens is 2. The second-order valence-corrected chi connectivity index (χ2v) is 10.2. The van der Waals surface area contributed by atoms with Gasteiger partial charge in [-0.15, -0.1) is 13.2 Å². The second-order valence-electron chi connectivity index (χ2n) is 10.2. The number of unbranched alkanes of at least 4 members (excludes halogenated alkanes) is 5. The van der Waals surface area contributed by atoms with E-state index >= 15 is 0 Å². The number of aryl methyl sites for hydroxylation is 2. The van der Waals surface area contributed by atoms with Crippen LogP contribution in [0.15, 0.2) is 36.7 Å². The lowest BCUT2D eigenvalue weighted by atomic mass is 10.1. The maximum atomic E-state index is 13.7. The third kappa shape index (κ3) is 13.3. The zero-order chi connectivity index (χ0) is 35.6. The summed E-state index contributed by atoms with van der Waals surface area (Å²) in [5.74, 6) is 0.466. The zero-order valence-electron chi connectivity index (χ0n) is 24.7. The van der Waals surface area contributed by atoms with Gasteiger partial charge in [-0.2, -0.15) is 43.9 Å². The van der Waals surface area contributed by atoms with Crippen molar-refractivity contribution in [3.05, 3.63) is 47.8 Å². The number of nitrogens with zero attached hydrogens (tertiary/aromatic N) is 2. The van der Waals surface area contributed by atoms with Crippen LogP contribution < -0.4 is 0 Å². The van der Waals surface area contributed by atoms with Gasteiger partial charge in [-0.3, -0.25) is 0 Å². The Morgan fingerprint density at radius 3 is 1.60 bits per heavy atom. The Labute approximate surface area is 260 Å². The van der Waals surface area contributed by atoms with E-state index in [-0.39, 0.29) is 12.8 Å². The summed E-state index contributed by atoms with van der Waals surface area (Å²) in [7, 11) is 0. The molecule has 0 atom stereocenters. The molecule has 1 aromatic carbocycles. The molecule has 0 fully saturated rings. The molecule has 2 aromatic rings. The van der Waals surface area contributed by atoms with Gasteiger partial charge < -0.3 is 4.74 Å². The first-order valence-corrected chi connectivity index (χ1v) is 14.1. The van der Waals surface area contributed by atoms with E-state index in [9.17, 15) is 57.1 Å². The second kappa shape index (κ2) is 16.6. The zero-order valence-corrected chi connectivity index (χ0v) is 24.7. The smallest absolute Gasteiger partial charge is 0.372 e. The number of hydrogen-bond acceptors (Lipinski definition) is 6. The van der Waals surface area contributed by atoms with Crippen LogP contribution in [0.5, 0.6) is 0 Å². The van der Waals surface area contributed by atoms with Gasteiger partial charge in [0, 0.05) is 24.6 Å². The quantitative estimate of drug-likeness (QED) is 0.0953. The minimum atomic E-state index is -7.09. The predicted molar refractivity (Wildman–Crippen MR) is 138 cm³/mol. The van der Waals surface area contributed by atoms with Crippen molar-refractivity contribution in [2.24, 2.45) is 0 Å². The molecule has 0 spiro atoms. The van der Waals surface area contributed by atoms with Crippen LogP contribution in [0.2, 0.25) is 0 Å². The summed E-state index contributed by atoms with van der Waals surface area (Å²) in [4.78, 5) is 8.72. The Hall–Kier alpha value is -2.77. The molecule has 0 N–H and O–H groups in total. The van der Waals surface area contributed by atoms with Gasteiger partial charge in [-0.1, -0.05) is 63.3 Å². The standard InChI is InChI=1S/C28H31F13N2O4/c1-2-3-4-5-6-7-9-20-16-42-22(43-17-20)21-13-11-19(12-14-21)10-8-15-44-18-23(29,30)45-24(31,32)25(33,34)46-26(35,36)27(37,38)47-28(39,40)41/h11-14,16-17H,2-10,15,18H2,1H3. The fourth-order valence-corrected chi connectivity index (χ4v) is 3.89. The SMILES string of the molecule is CCCCCCCCc1cnc(-c2ccc(CCCOCC(F)(F)OC(F)(F)C(F)(F)OC(F)(F)C(F)(F)OC(F)(F)F)cc2)nc1. The van der Waals surface area contributed by atoms with E-state index in [1.165, 1.54) is 25.7 Å². The molecular formula is C28H31F13N2O4. The van der Waals surface area contributed by atoms with E-state index in [0.717, 1.165) is 24.8 Å². The first-order valence-electron chi connectivity index (χ1n) is 14.1. The van der Waals surface area contributed by atoms with Crippen molar-refractivity contribution in [3.8, 4) is 11.4 Å². The van der Waals surface area contributed by atoms with Crippen molar-refractivity contribution in [1.82, 2.24) is 9.97 Å². The molecule has 19 heteroatoms. The molecule has 268 valence electrons. The highest BCUT2D eigenvalue weighted by atomic mass is 19.4. The molecule has 0 aliphatic heterocycles. The number of ether oxygens (including phenoxy) is 4. The van der Waals surface area contributed by atoms with Crippen LogP contribution >= 0.6 is 0 Å². The maximum Gasteiger partial charge on any atom is 0.527 e. The normalized spacial score (nSPS) is 13.7. The van der Waals surface area contributed by atoms with E-state index < -0.39 is 50.1 Å². The van der Waals surface area contributed by atoms with Gasteiger partial charge in [0.1, 0.15) is 6.61 Å². The number of rotatable bonds is 21. The van der Waals surface area contributed by atoms with E-state index in [1.807, 2.05) is 4.74 Å². The lowest BCUT2D eigenvalue weighted by Gasteiger charge is -2.33. The molecule has 1 heterocycles. The minimum Gasteiger partial charge on any atom is -0.372 e. The van der Waals surface area contributed by atoms with Gasteiger partial charge in [0.05, 0.1) is 0 Å². The summed E-state index contributed by atoms with van der Waals surface area (Å²) in [5.41, 5.74) is 2.36. The predicted octanol–water partition coefficient (Wildman–Crippen LogP) is 9.53. The van der Waals surface area contributed by atoms with Crippen LogP contribution in [0.4, 0.5) is 57.1 Å². The molecule has 0 bridgehead atoms. The lowest BCUT2D eigenvalue weighted by Crippen LogP contribution is -2.57. The van der Waals surface area contributed by atoms with Crippen LogP contribution in [0.3, 0.4) is 0 Å². The highest BCUT2D eigenvalue weighted by molar-refractivity contribution is 5.55. The summed E-state index contributed by atoms with van der Waals surface area (Å²) in [6, 6.07) is 6.73. The number of alkyl halides is 13. The largest absolute Gasteiger partial charge is 0.527 e. The molecule has 1 aromatic heterocycles. The fraction of sp³-hybridized carbons (Fsp3) is 0.643. The summed E-state index contributed by atoms with van der Waals surface area (Å²) in [5, 5.41) is 0. The Morgan fingerprint density at radius 1 is 0.553 bits per heavy atom. The molecule has 47 heavy (non-hydrogen) atoms. The first-order chi connectivity index (χ1) is 21.6. The Balaban J connectivity index is 1.80. The van der Waals surface area contributed by atoms with E-state index in [0.29, 0.717) is 17.0 Å². The topological polar surface area (TPSA) is 62.7 Å². The lowest BCUT2D eigenvalue weighted by molar-refractivity contribution is -0.564. The summed E-state index contributed by atoms with van der Waals surface area (Å²) in [6.07, 6.45) is -28.2. The Morgan fingerprint density at radius 2 is 1.04 bits per heavy atom. The summed E-state index contributed by atoms with van der Waals surface area (Å²) in [6.45, 7) is -0.548. The van der Waals surface area contributed by atoms with Crippen molar-refractivity contribution < 1.29 is 76.0 Å². The van der Waals surface area contributed by atoms with Crippen molar-refractivity contribution in [2.75, 3.05) is 13.2 Å². The molecule has 0 aliphatic carbocycles. The molecule has 0 unspecified atom stereocenters. The summed E-state index contributed by atoms with van der Waals surface area (Å²) >= 11 is 0. The Kier molecular flexibility index (Phi) is 14.2. The highest BCUT2D eigenvalue weighted by Gasteiger charge is 2.74. The fourth-order valence-electron chi connectivity index (χ4n) is 3.89. The van der Waals surface area contributed by atoms with Gasteiger partial charge in [0.25, 0.3) is 0 Å². The highest BCUT2D eigenvalue weighted by Crippen LogP contribution is 2.48. The van der Waals surface area contributed by atoms with Crippen LogP contribution in [0, 0.1) is 0 Å². The molecule has 0 radical (unpaired) electrons. The minimum absolute atomic E-state index is 0.00472. The van der Waals surface area contributed by atoms with E-state index in [4.69, 9.17) is 0 Å². The average Bonchev–Trinajstić information content (AvgIpc) is 2.93.